The lowest BCUT2D eigenvalue weighted by Crippen LogP contribution is -1.97. The molecule has 0 amide bonds. The number of nitrogens with zero attached hydrogens (tertiary/aromatic N) is 1. The summed E-state index contributed by atoms with van der Waals surface area (Å²) >= 11 is 13.2. The highest BCUT2D eigenvalue weighted by atomic mass is 79.9. The molecule has 1 heterocycles. The lowest BCUT2D eigenvalue weighted by atomic mass is 10.1. The zero-order valence-corrected chi connectivity index (χ0v) is 12.2. The summed E-state index contributed by atoms with van der Waals surface area (Å²) in [4.78, 5) is 7.21. The average Bonchev–Trinajstić information content (AvgIpc) is 2.68. The van der Waals surface area contributed by atoms with E-state index in [-0.39, 0.29) is 5.38 Å². The second kappa shape index (κ2) is 5.34. The standard InChI is InChI=1S/C11H9Br2ClN2/c12-8-3-7(4-9(13)5-8)10(14)6-11-15-1-2-16-11/h1-5,10H,6H2,(H,15,16). The van der Waals surface area contributed by atoms with Crippen molar-refractivity contribution >= 4 is 43.5 Å². The average molecular weight is 364 g/mol. The molecular formula is C11H9Br2ClN2. The summed E-state index contributed by atoms with van der Waals surface area (Å²) in [5, 5.41) is -0.0834. The van der Waals surface area contributed by atoms with E-state index in [4.69, 9.17) is 11.6 Å². The molecule has 2 aromatic rings. The first-order valence-corrected chi connectivity index (χ1v) is 6.75. The number of aromatic nitrogens is 2. The first-order valence-electron chi connectivity index (χ1n) is 4.73. The number of benzene rings is 1. The van der Waals surface area contributed by atoms with Crippen LogP contribution < -0.4 is 0 Å². The maximum Gasteiger partial charge on any atom is 0.107 e. The van der Waals surface area contributed by atoms with E-state index in [0.29, 0.717) is 6.42 Å². The van der Waals surface area contributed by atoms with Crippen molar-refractivity contribution in [3.8, 4) is 0 Å². The van der Waals surface area contributed by atoms with Crippen LogP contribution in [0, 0.1) is 0 Å². The number of hydrogen-bond donors (Lipinski definition) is 1. The lowest BCUT2D eigenvalue weighted by Gasteiger charge is -2.09. The number of alkyl halides is 1. The summed E-state index contributed by atoms with van der Waals surface area (Å²) in [5.74, 6) is 0.899. The Hall–Kier alpha value is -0.320. The van der Waals surface area contributed by atoms with Crippen LogP contribution in [0.5, 0.6) is 0 Å². The third-order valence-corrected chi connectivity index (χ3v) is 3.50. The Morgan fingerprint density at radius 1 is 1.25 bits per heavy atom. The number of aromatic amines is 1. The van der Waals surface area contributed by atoms with Crippen molar-refractivity contribution in [3.63, 3.8) is 0 Å². The first-order chi connectivity index (χ1) is 7.65. The fourth-order valence-corrected chi connectivity index (χ4v) is 3.05. The van der Waals surface area contributed by atoms with Crippen LogP contribution in [0.3, 0.4) is 0 Å². The van der Waals surface area contributed by atoms with Gasteiger partial charge in [-0.15, -0.1) is 11.6 Å². The molecule has 0 saturated heterocycles. The van der Waals surface area contributed by atoms with Crippen molar-refractivity contribution in [2.24, 2.45) is 0 Å². The van der Waals surface area contributed by atoms with Gasteiger partial charge in [0, 0.05) is 27.8 Å². The normalized spacial score (nSPS) is 12.7. The number of rotatable bonds is 3. The van der Waals surface area contributed by atoms with Crippen molar-refractivity contribution in [3.05, 3.63) is 50.9 Å². The Morgan fingerprint density at radius 2 is 1.94 bits per heavy atom. The van der Waals surface area contributed by atoms with Gasteiger partial charge in [0.05, 0.1) is 5.38 Å². The second-order valence-electron chi connectivity index (χ2n) is 3.41. The molecular weight excluding hydrogens is 355 g/mol. The largest absolute Gasteiger partial charge is 0.349 e. The monoisotopic (exact) mass is 362 g/mol. The summed E-state index contributed by atoms with van der Waals surface area (Å²) in [6, 6.07) is 6.02. The van der Waals surface area contributed by atoms with Crippen molar-refractivity contribution in [1.82, 2.24) is 9.97 Å². The van der Waals surface area contributed by atoms with E-state index in [9.17, 15) is 0 Å². The number of nitrogens with one attached hydrogen (secondary N) is 1. The van der Waals surface area contributed by atoms with Gasteiger partial charge in [-0.25, -0.2) is 4.98 Å². The Kier molecular flexibility index (Phi) is 4.05. The van der Waals surface area contributed by atoms with Crippen molar-refractivity contribution in [1.29, 1.82) is 0 Å². The fourth-order valence-electron chi connectivity index (χ4n) is 1.45. The van der Waals surface area contributed by atoms with Crippen LogP contribution >= 0.6 is 43.5 Å². The van der Waals surface area contributed by atoms with Crippen LogP contribution in [0.1, 0.15) is 16.8 Å². The summed E-state index contributed by atoms with van der Waals surface area (Å²) in [5.41, 5.74) is 1.07. The van der Waals surface area contributed by atoms with Gasteiger partial charge in [-0.2, -0.15) is 0 Å². The molecule has 16 heavy (non-hydrogen) atoms. The van der Waals surface area contributed by atoms with Gasteiger partial charge < -0.3 is 4.98 Å². The van der Waals surface area contributed by atoms with Gasteiger partial charge in [0.1, 0.15) is 5.82 Å². The minimum Gasteiger partial charge on any atom is -0.349 e. The Balaban J connectivity index is 2.17. The highest BCUT2D eigenvalue weighted by Gasteiger charge is 2.11. The van der Waals surface area contributed by atoms with E-state index in [1.807, 2.05) is 18.2 Å². The third kappa shape index (κ3) is 3.09. The number of H-pyrrole nitrogens is 1. The van der Waals surface area contributed by atoms with Gasteiger partial charge in [0.15, 0.2) is 0 Å². The van der Waals surface area contributed by atoms with Crippen molar-refractivity contribution in [2.75, 3.05) is 0 Å². The molecule has 84 valence electrons. The highest BCUT2D eigenvalue weighted by molar-refractivity contribution is 9.11. The van der Waals surface area contributed by atoms with Crippen LogP contribution in [0.15, 0.2) is 39.5 Å². The number of imidazole rings is 1. The molecule has 0 spiro atoms. The molecule has 0 fully saturated rings. The topological polar surface area (TPSA) is 28.7 Å². The molecule has 1 atom stereocenters. The molecule has 0 radical (unpaired) electrons. The van der Waals surface area contributed by atoms with Crippen molar-refractivity contribution in [2.45, 2.75) is 11.8 Å². The Bertz CT molecular complexity index is 451. The maximum atomic E-state index is 6.34. The molecule has 0 saturated carbocycles. The lowest BCUT2D eigenvalue weighted by molar-refractivity contribution is 0.854. The molecule has 0 aliphatic rings. The molecule has 1 unspecified atom stereocenters. The van der Waals surface area contributed by atoms with E-state index >= 15 is 0 Å². The van der Waals surface area contributed by atoms with Crippen LogP contribution in [0.2, 0.25) is 0 Å². The van der Waals surface area contributed by atoms with Crippen LogP contribution in [0.25, 0.3) is 0 Å². The van der Waals surface area contributed by atoms with Gasteiger partial charge in [0.25, 0.3) is 0 Å². The molecule has 5 heteroatoms. The minimum atomic E-state index is -0.0834. The van der Waals surface area contributed by atoms with E-state index in [1.54, 1.807) is 12.4 Å². The molecule has 1 aromatic carbocycles. The predicted octanol–water partition coefficient (Wildman–Crippen LogP) is 4.46. The van der Waals surface area contributed by atoms with Gasteiger partial charge in [-0.3, -0.25) is 0 Å². The quantitative estimate of drug-likeness (QED) is 0.801. The van der Waals surface area contributed by atoms with Gasteiger partial charge in [0.2, 0.25) is 0 Å². The smallest absolute Gasteiger partial charge is 0.107 e. The Morgan fingerprint density at radius 3 is 2.50 bits per heavy atom. The molecule has 2 rings (SSSR count). The molecule has 0 aliphatic heterocycles. The van der Waals surface area contributed by atoms with Crippen LogP contribution in [-0.2, 0) is 6.42 Å². The first kappa shape index (κ1) is 12.1. The second-order valence-corrected chi connectivity index (χ2v) is 5.77. The van der Waals surface area contributed by atoms with E-state index in [0.717, 1.165) is 20.3 Å². The molecule has 1 aromatic heterocycles. The van der Waals surface area contributed by atoms with Gasteiger partial charge >= 0.3 is 0 Å². The molecule has 0 aliphatic carbocycles. The molecule has 2 nitrogen and oxygen atoms in total. The maximum absolute atomic E-state index is 6.34. The molecule has 1 N–H and O–H groups in total. The SMILES string of the molecule is ClC(Cc1ncc[nH]1)c1cc(Br)cc(Br)c1. The van der Waals surface area contributed by atoms with E-state index < -0.39 is 0 Å². The third-order valence-electron chi connectivity index (χ3n) is 2.17. The minimum absolute atomic E-state index is 0.0834. The molecule has 0 bridgehead atoms. The van der Waals surface area contributed by atoms with E-state index in [2.05, 4.69) is 41.8 Å². The van der Waals surface area contributed by atoms with Crippen LogP contribution in [-0.4, -0.2) is 9.97 Å². The van der Waals surface area contributed by atoms with Crippen LogP contribution in [0.4, 0.5) is 0 Å². The predicted molar refractivity (Wildman–Crippen MR) is 72.7 cm³/mol. The number of hydrogen-bond acceptors (Lipinski definition) is 1. The summed E-state index contributed by atoms with van der Waals surface area (Å²) in [6.07, 6.45) is 4.23. The summed E-state index contributed by atoms with van der Waals surface area (Å²) in [7, 11) is 0. The Labute approximate surface area is 116 Å². The van der Waals surface area contributed by atoms with Gasteiger partial charge in [-0.05, 0) is 23.8 Å². The van der Waals surface area contributed by atoms with Gasteiger partial charge in [-0.1, -0.05) is 31.9 Å². The number of halogens is 3. The highest BCUT2D eigenvalue weighted by Crippen LogP contribution is 2.29. The van der Waals surface area contributed by atoms with E-state index in [1.165, 1.54) is 0 Å². The fraction of sp³-hybridized carbons (Fsp3) is 0.182. The van der Waals surface area contributed by atoms with Crippen molar-refractivity contribution < 1.29 is 0 Å². The zero-order valence-electron chi connectivity index (χ0n) is 8.25. The summed E-state index contributed by atoms with van der Waals surface area (Å²) < 4.78 is 2.03. The zero-order chi connectivity index (χ0) is 11.5. The summed E-state index contributed by atoms with van der Waals surface area (Å²) in [6.45, 7) is 0.